The smallest absolute Gasteiger partial charge is 0.484 e. The van der Waals surface area contributed by atoms with Gasteiger partial charge in [0, 0.05) is 54.0 Å². The van der Waals surface area contributed by atoms with E-state index in [0.717, 1.165) is 27.4 Å². The summed E-state index contributed by atoms with van der Waals surface area (Å²) in [5.74, 6) is 1.11. The van der Waals surface area contributed by atoms with E-state index < -0.39 is 66.8 Å². The summed E-state index contributed by atoms with van der Waals surface area (Å²) in [6, 6.07) is 28.4. The van der Waals surface area contributed by atoms with Crippen LogP contribution in [-0.4, -0.2) is 20.5 Å². The van der Waals surface area contributed by atoms with Crippen LogP contribution >= 0.6 is 0 Å². The van der Waals surface area contributed by atoms with Crippen molar-refractivity contribution in [2.75, 3.05) is 0 Å². The van der Waals surface area contributed by atoms with Gasteiger partial charge in [0.05, 0.1) is 5.48 Å². The summed E-state index contributed by atoms with van der Waals surface area (Å²) in [5, 5.41) is 1.80. The van der Waals surface area contributed by atoms with Gasteiger partial charge in [0.2, 0.25) is 5.69 Å². The number of pyridine rings is 2. The number of benzene rings is 4. The molecule has 54 heavy (non-hydrogen) atoms. The third-order valence-corrected chi connectivity index (χ3v) is 9.21. The molecule has 1 aliphatic rings. The molecule has 4 aromatic carbocycles. The largest absolute Gasteiger partial charge is 2.00 e. The summed E-state index contributed by atoms with van der Waals surface area (Å²) in [5.41, 5.74) is -1.32. The Morgan fingerprint density at radius 3 is 2.11 bits per heavy atom. The quantitative estimate of drug-likeness (QED) is 0.128. The predicted molar refractivity (Wildman–Crippen MR) is 217 cm³/mol. The van der Waals surface area contributed by atoms with E-state index in [1.807, 2.05) is 67.8 Å². The van der Waals surface area contributed by atoms with Crippen molar-refractivity contribution in [3.8, 4) is 17.4 Å². The van der Waals surface area contributed by atoms with Gasteiger partial charge in [-0.2, -0.15) is 6.07 Å². The summed E-state index contributed by atoms with van der Waals surface area (Å²) in [4.78, 5) is 9.44. The Labute approximate surface area is 351 Å². The second kappa shape index (κ2) is 13.6. The molecular weight excluding hydrogens is 846 g/mol. The Bertz CT molecular complexity index is 3140. The summed E-state index contributed by atoms with van der Waals surface area (Å²) in [6.45, 7) is 1.04. The molecule has 0 saturated carbocycles. The third kappa shape index (κ3) is 6.86. The molecule has 4 heterocycles. The zero-order valence-electron chi connectivity index (χ0n) is 43.5. The van der Waals surface area contributed by atoms with Gasteiger partial charge >= 0.3 is 27.1 Å². The van der Waals surface area contributed by atoms with E-state index in [-0.39, 0.29) is 38.1 Å². The molecule has 0 N–H and O–H groups in total. The minimum atomic E-state index is -3.81. The normalized spacial score (nSPS) is 17.3. The Morgan fingerprint density at radius 2 is 1.41 bits per heavy atom. The Kier molecular flexibility index (Phi) is 6.12. The van der Waals surface area contributed by atoms with Crippen molar-refractivity contribution in [1.29, 1.82) is 0 Å². The maximum Gasteiger partial charge on any atom is 2.00 e. The van der Waals surface area contributed by atoms with Crippen LogP contribution in [0.5, 0.6) is 11.6 Å². The van der Waals surface area contributed by atoms with E-state index in [0.29, 0.717) is 28.4 Å². The zero-order valence-corrected chi connectivity index (χ0v) is 32.8. The van der Waals surface area contributed by atoms with Gasteiger partial charge in [0.15, 0.2) is 0 Å². The first-order chi connectivity index (χ1) is 30.6. The second-order valence-corrected chi connectivity index (χ2v) is 15.2. The molecule has 0 atom stereocenters. The fourth-order valence-electron chi connectivity index (χ4n) is 6.32. The summed E-state index contributed by atoms with van der Waals surface area (Å²) in [7, 11) is 0. The van der Waals surface area contributed by atoms with Crippen molar-refractivity contribution in [2.45, 2.75) is 78.3 Å². The van der Waals surface area contributed by atoms with Crippen molar-refractivity contribution in [2.24, 2.45) is 0 Å². The van der Waals surface area contributed by atoms with Crippen LogP contribution in [0.15, 0.2) is 109 Å². The van der Waals surface area contributed by atoms with Crippen LogP contribution in [0, 0.1) is 12.1 Å². The fourth-order valence-corrected chi connectivity index (χ4v) is 6.32. The summed E-state index contributed by atoms with van der Waals surface area (Å²) >= 11 is 0. The van der Waals surface area contributed by atoms with Crippen LogP contribution in [-0.2, 0) is 37.3 Å². The molecular formula is C47H45N5OPt+2. The van der Waals surface area contributed by atoms with E-state index in [1.165, 1.54) is 4.58 Å². The first-order valence-corrected chi connectivity index (χ1v) is 17.2. The average Bonchev–Trinajstić information content (AvgIpc) is 3.75. The number of ether oxygens (including phenoxy) is 1. The van der Waals surface area contributed by atoms with Crippen LogP contribution < -0.4 is 13.9 Å². The maximum absolute atomic E-state index is 9.13. The van der Waals surface area contributed by atoms with Crippen LogP contribution in [0.4, 0.5) is 22.7 Å². The van der Waals surface area contributed by atoms with E-state index in [4.69, 9.17) is 27.5 Å². The molecule has 0 amide bonds. The second-order valence-electron chi connectivity index (χ2n) is 15.2. The van der Waals surface area contributed by atoms with E-state index in [9.17, 15) is 0 Å². The number of fused-ring (bicyclic) bond motifs is 4. The molecule has 0 radical (unpaired) electrons. The van der Waals surface area contributed by atoms with Gasteiger partial charge in [0.25, 0.3) is 11.4 Å². The zero-order chi connectivity index (χ0) is 48.3. The SMILES string of the molecule is [2H]c1c([2H])c(C(C([2H])([2H])[2H])(C([2H])([2H])[2H])C([2H])([2H])[2H])c([2H])c([2H])c1[N+]1=C=[N+](c2[c-]c(Oc3[c-]c4c(cn3)c3ccccc3n4-c3cc(C(C)(C)C)ccn3)cc(C(C)(C)C)c2)c2ccccc21.[Pt+2]. The number of hydrogen-bond donors (Lipinski definition) is 0. The molecule has 3 aromatic heterocycles. The number of nitrogens with zero attached hydrogens (tertiary/aromatic N) is 5. The van der Waals surface area contributed by atoms with Gasteiger partial charge in [-0.25, -0.2) is 4.98 Å². The third-order valence-electron chi connectivity index (χ3n) is 9.21. The fraction of sp³-hybridized carbons (Fsp3) is 0.255. The molecule has 7 aromatic rings. The van der Waals surface area contributed by atoms with Crippen molar-refractivity contribution in [3.63, 3.8) is 0 Å². The van der Waals surface area contributed by atoms with Crippen molar-refractivity contribution in [3.05, 3.63) is 138 Å². The molecule has 8 rings (SSSR count). The molecule has 7 heteroatoms. The number of hydrogen-bond acceptors (Lipinski definition) is 3. The van der Waals surface area contributed by atoms with E-state index in [1.54, 1.807) is 41.2 Å². The summed E-state index contributed by atoms with van der Waals surface area (Å²) < 4.78 is 122. The van der Waals surface area contributed by atoms with Gasteiger partial charge in [-0.15, -0.1) is 22.5 Å². The number of rotatable bonds is 5. The summed E-state index contributed by atoms with van der Waals surface area (Å²) in [6.07, 6.45) is 3.53. The predicted octanol–water partition coefficient (Wildman–Crippen LogP) is 11.7. The standard InChI is InChI=1S/C47H45N5O.Pt/c1-45(2,3)31-18-20-34(21-19-31)50-30-51(41-17-13-12-16-40(41)50)35-24-33(47(7,8)9)25-36(27-35)53-44-28-42-38(29-49-44)37-14-10-11-15-39(37)52(42)43-26-32(22-23-48-43)46(4,5)6;/h10-26,29H,1-9H3;/q;+2/i1D3,2D3,3D3,18D,19D,20D,21D;. The van der Waals surface area contributed by atoms with Crippen LogP contribution in [0.25, 0.3) is 27.6 Å². The Balaban J connectivity index is 0.00000666. The maximum atomic E-state index is 9.13. The first-order valence-electron chi connectivity index (χ1n) is 23.7. The number of para-hydroxylation sites is 3. The molecule has 0 saturated heterocycles. The molecule has 0 spiro atoms. The Morgan fingerprint density at radius 1 is 0.722 bits per heavy atom. The molecule has 0 fully saturated rings. The number of aromatic nitrogens is 3. The van der Waals surface area contributed by atoms with Crippen LogP contribution in [0.2, 0.25) is 0 Å². The molecule has 6 nitrogen and oxygen atoms in total. The molecule has 0 aliphatic carbocycles. The average molecular weight is 904 g/mol. The van der Waals surface area contributed by atoms with Gasteiger partial charge in [-0.1, -0.05) is 127 Å². The van der Waals surface area contributed by atoms with Crippen LogP contribution in [0.1, 0.15) is 96.6 Å². The van der Waals surface area contributed by atoms with E-state index >= 15 is 0 Å². The van der Waals surface area contributed by atoms with Gasteiger partial charge < -0.3 is 9.30 Å². The van der Waals surface area contributed by atoms with Gasteiger partial charge in [-0.05, 0) is 56.3 Å². The molecule has 0 unspecified atom stereocenters. The van der Waals surface area contributed by atoms with Crippen molar-refractivity contribution < 1.29 is 43.6 Å². The minimum absolute atomic E-state index is 0. The monoisotopic (exact) mass is 903 g/mol. The minimum Gasteiger partial charge on any atom is -0.484 e. The Hall–Kier alpha value is -5.15. The molecule has 272 valence electrons. The topological polar surface area (TPSA) is 46.0 Å². The van der Waals surface area contributed by atoms with Crippen LogP contribution in [0.3, 0.4) is 0 Å². The van der Waals surface area contributed by atoms with Gasteiger partial charge in [0.1, 0.15) is 17.4 Å². The van der Waals surface area contributed by atoms with E-state index in [2.05, 4.69) is 50.0 Å². The van der Waals surface area contributed by atoms with Crippen molar-refractivity contribution in [1.82, 2.24) is 23.7 Å². The first kappa shape index (κ1) is 24.3. The van der Waals surface area contributed by atoms with Gasteiger partial charge in [-0.3, -0.25) is 4.98 Å². The van der Waals surface area contributed by atoms with Crippen molar-refractivity contribution >= 4 is 50.6 Å². The molecule has 0 bridgehead atoms. The molecule has 1 aliphatic heterocycles.